The first-order valence-electron chi connectivity index (χ1n) is 9.28. The summed E-state index contributed by atoms with van der Waals surface area (Å²) >= 11 is 6.23. The summed E-state index contributed by atoms with van der Waals surface area (Å²) in [4.78, 5) is 19.1. The number of ether oxygens (including phenoxy) is 2. The number of carbonyl (C=O) groups excluding carboxylic acids is 1. The fraction of sp³-hybridized carbons (Fsp3) is 0.130. The number of allylic oxidation sites excluding steroid dienone is 1. The van der Waals surface area contributed by atoms with Gasteiger partial charge in [-0.05, 0) is 47.5 Å². The van der Waals surface area contributed by atoms with Crippen LogP contribution >= 0.6 is 11.6 Å². The van der Waals surface area contributed by atoms with Crippen molar-refractivity contribution in [3.05, 3.63) is 94.0 Å². The summed E-state index contributed by atoms with van der Waals surface area (Å²) in [6.07, 6.45) is 5.24. The van der Waals surface area contributed by atoms with E-state index in [0.29, 0.717) is 29.6 Å². The molecule has 0 fully saturated rings. The zero-order chi connectivity index (χ0) is 19.8. The molecule has 0 spiro atoms. The summed E-state index contributed by atoms with van der Waals surface area (Å²) in [5, 5.41) is 0.571. The van der Waals surface area contributed by atoms with E-state index < -0.39 is 0 Å². The number of hydrogen-bond acceptors (Lipinski definition) is 5. The summed E-state index contributed by atoms with van der Waals surface area (Å²) in [6, 6.07) is 14.9. The van der Waals surface area contributed by atoms with E-state index in [9.17, 15) is 4.79 Å². The number of nitrogens with zero attached hydrogens (tertiary/aromatic N) is 2. The fourth-order valence-corrected chi connectivity index (χ4v) is 3.78. The minimum absolute atomic E-state index is 0.144. The molecule has 0 unspecified atom stereocenters. The van der Waals surface area contributed by atoms with Crippen LogP contribution in [-0.2, 0) is 13.1 Å². The van der Waals surface area contributed by atoms with Gasteiger partial charge in [-0.25, -0.2) is 0 Å². The zero-order valence-corrected chi connectivity index (χ0v) is 16.2. The molecule has 0 atom stereocenters. The van der Waals surface area contributed by atoms with Crippen molar-refractivity contribution in [2.75, 3.05) is 6.73 Å². The normalized spacial score (nSPS) is 16.9. The molecule has 0 bridgehead atoms. The molecule has 1 aromatic heterocycles. The van der Waals surface area contributed by atoms with Crippen molar-refractivity contribution in [3.63, 3.8) is 0 Å². The molecule has 0 amide bonds. The molecule has 5 nitrogen and oxygen atoms in total. The number of aromatic nitrogens is 1. The molecule has 6 heteroatoms. The van der Waals surface area contributed by atoms with Gasteiger partial charge in [0.1, 0.15) is 18.2 Å². The summed E-state index contributed by atoms with van der Waals surface area (Å²) in [7, 11) is 0. The van der Waals surface area contributed by atoms with Crippen LogP contribution in [0.2, 0.25) is 5.02 Å². The monoisotopic (exact) mass is 404 g/mol. The van der Waals surface area contributed by atoms with Crippen LogP contribution in [0, 0.1) is 0 Å². The highest BCUT2D eigenvalue weighted by Gasteiger charge is 2.33. The van der Waals surface area contributed by atoms with Crippen LogP contribution in [0.1, 0.15) is 27.0 Å². The van der Waals surface area contributed by atoms with Gasteiger partial charge in [-0.3, -0.25) is 14.7 Å². The number of pyridine rings is 1. The average molecular weight is 405 g/mol. The van der Waals surface area contributed by atoms with Crippen LogP contribution in [0.4, 0.5) is 0 Å². The molecule has 29 heavy (non-hydrogen) atoms. The number of benzene rings is 2. The van der Waals surface area contributed by atoms with Gasteiger partial charge in [-0.15, -0.1) is 0 Å². The second-order valence-electron chi connectivity index (χ2n) is 7.00. The number of ketones is 1. The maximum atomic E-state index is 12.9. The Labute approximate surface area is 173 Å². The summed E-state index contributed by atoms with van der Waals surface area (Å²) in [5.74, 6) is 1.45. The van der Waals surface area contributed by atoms with Crippen LogP contribution in [0.25, 0.3) is 6.08 Å². The lowest BCUT2D eigenvalue weighted by molar-refractivity contribution is 0.0872. The molecule has 2 aliphatic heterocycles. The number of rotatable bonds is 3. The minimum Gasteiger partial charge on any atom is -0.478 e. The first-order chi connectivity index (χ1) is 14.2. The van der Waals surface area contributed by atoms with E-state index >= 15 is 0 Å². The van der Waals surface area contributed by atoms with Gasteiger partial charge in [-0.1, -0.05) is 29.8 Å². The highest BCUT2D eigenvalue weighted by molar-refractivity contribution is 6.32. The van der Waals surface area contributed by atoms with E-state index in [1.54, 1.807) is 30.6 Å². The Morgan fingerprint density at radius 2 is 1.93 bits per heavy atom. The van der Waals surface area contributed by atoms with Gasteiger partial charge in [0.2, 0.25) is 5.78 Å². The van der Waals surface area contributed by atoms with Crippen molar-refractivity contribution in [2.24, 2.45) is 0 Å². The van der Waals surface area contributed by atoms with Crippen molar-refractivity contribution in [2.45, 2.75) is 13.1 Å². The number of carbonyl (C=O) groups is 1. The largest absolute Gasteiger partial charge is 0.478 e. The Hall–Kier alpha value is -3.15. The van der Waals surface area contributed by atoms with Gasteiger partial charge in [0.05, 0.1) is 11.1 Å². The zero-order valence-electron chi connectivity index (χ0n) is 15.5. The van der Waals surface area contributed by atoms with Crippen molar-refractivity contribution in [1.82, 2.24) is 9.88 Å². The predicted octanol–water partition coefficient (Wildman–Crippen LogP) is 4.70. The maximum Gasteiger partial charge on any atom is 0.231 e. The quantitative estimate of drug-likeness (QED) is 0.592. The second kappa shape index (κ2) is 7.35. The summed E-state index contributed by atoms with van der Waals surface area (Å²) in [5.41, 5.74) is 3.33. The predicted molar refractivity (Wildman–Crippen MR) is 110 cm³/mol. The van der Waals surface area contributed by atoms with Gasteiger partial charge in [0.25, 0.3) is 0 Å². The lowest BCUT2D eigenvalue weighted by atomic mass is 10.0. The van der Waals surface area contributed by atoms with Gasteiger partial charge in [0.15, 0.2) is 5.76 Å². The highest BCUT2D eigenvalue weighted by atomic mass is 35.5. The van der Waals surface area contributed by atoms with Crippen LogP contribution in [0.3, 0.4) is 0 Å². The number of halogens is 1. The third-order valence-electron chi connectivity index (χ3n) is 5.03. The lowest BCUT2D eigenvalue weighted by Gasteiger charge is -2.29. The van der Waals surface area contributed by atoms with Gasteiger partial charge in [0, 0.05) is 30.5 Å². The Morgan fingerprint density at radius 1 is 1.10 bits per heavy atom. The molecule has 0 N–H and O–H groups in total. The van der Waals surface area contributed by atoms with Crippen LogP contribution in [0.15, 0.2) is 66.7 Å². The van der Waals surface area contributed by atoms with E-state index in [-0.39, 0.29) is 11.5 Å². The molecule has 2 aliphatic rings. The number of Topliss-reactive ketones (excluding diaryl/α,β-unsaturated/α-hetero) is 1. The van der Waals surface area contributed by atoms with Crippen LogP contribution < -0.4 is 9.47 Å². The first kappa shape index (κ1) is 17.9. The highest BCUT2D eigenvalue weighted by Crippen LogP contribution is 2.42. The van der Waals surface area contributed by atoms with Gasteiger partial charge >= 0.3 is 0 Å². The number of hydrogen-bond donors (Lipinski definition) is 0. The van der Waals surface area contributed by atoms with Crippen molar-refractivity contribution >= 4 is 23.5 Å². The summed E-state index contributed by atoms with van der Waals surface area (Å²) < 4.78 is 11.9. The molecular formula is C23H17ClN2O3. The Morgan fingerprint density at radius 3 is 2.76 bits per heavy atom. The van der Waals surface area contributed by atoms with E-state index in [0.717, 1.165) is 29.0 Å². The Balaban J connectivity index is 1.45. The standard InChI is InChI=1S/C23H17ClN2O3/c24-19-4-2-1-3-16(19)11-21-22(27)17-5-6-20-18(23(17)29-21)13-26(14-28-20)12-15-7-9-25-10-8-15/h1-11H,12-14H2. The van der Waals surface area contributed by atoms with E-state index in [1.165, 1.54) is 0 Å². The van der Waals surface area contributed by atoms with E-state index in [4.69, 9.17) is 21.1 Å². The maximum absolute atomic E-state index is 12.9. The first-order valence-corrected chi connectivity index (χ1v) is 9.65. The topological polar surface area (TPSA) is 51.7 Å². The van der Waals surface area contributed by atoms with Crippen LogP contribution in [0.5, 0.6) is 11.5 Å². The second-order valence-corrected chi connectivity index (χ2v) is 7.40. The Bertz CT molecular complexity index is 1130. The molecule has 5 rings (SSSR count). The van der Waals surface area contributed by atoms with Gasteiger partial charge in [-0.2, -0.15) is 0 Å². The SMILES string of the molecule is O=C1C(=Cc2ccccc2Cl)Oc2c1ccc1c2CN(Cc2ccncc2)CO1. The summed E-state index contributed by atoms with van der Waals surface area (Å²) in [6.45, 7) is 1.83. The lowest BCUT2D eigenvalue weighted by Crippen LogP contribution is -2.31. The van der Waals surface area contributed by atoms with Crippen molar-refractivity contribution in [1.29, 1.82) is 0 Å². The molecule has 144 valence electrons. The molecular weight excluding hydrogens is 388 g/mol. The van der Waals surface area contributed by atoms with E-state index in [2.05, 4.69) is 9.88 Å². The molecule has 2 aromatic carbocycles. The fourth-order valence-electron chi connectivity index (χ4n) is 3.59. The van der Waals surface area contributed by atoms with Crippen molar-refractivity contribution < 1.29 is 14.3 Å². The molecule has 0 aliphatic carbocycles. The van der Waals surface area contributed by atoms with E-state index in [1.807, 2.05) is 36.4 Å². The van der Waals surface area contributed by atoms with Crippen molar-refractivity contribution in [3.8, 4) is 11.5 Å². The average Bonchev–Trinajstić information content (AvgIpc) is 3.06. The Kier molecular flexibility index (Phi) is 4.54. The number of fused-ring (bicyclic) bond motifs is 3. The molecule has 0 saturated heterocycles. The minimum atomic E-state index is -0.144. The van der Waals surface area contributed by atoms with Gasteiger partial charge < -0.3 is 9.47 Å². The molecule has 0 saturated carbocycles. The smallest absolute Gasteiger partial charge is 0.231 e. The third-order valence-corrected chi connectivity index (χ3v) is 5.37. The molecule has 3 aromatic rings. The molecule has 3 heterocycles. The third kappa shape index (κ3) is 3.39. The molecule has 0 radical (unpaired) electrons. The van der Waals surface area contributed by atoms with Crippen LogP contribution in [-0.4, -0.2) is 22.4 Å².